The van der Waals surface area contributed by atoms with E-state index in [-0.39, 0.29) is 18.2 Å². The van der Waals surface area contributed by atoms with Crippen molar-refractivity contribution < 1.29 is 14.2 Å². The summed E-state index contributed by atoms with van der Waals surface area (Å²) in [6, 6.07) is 5.00. The van der Waals surface area contributed by atoms with Gasteiger partial charge in [-0.3, -0.25) is 0 Å². The summed E-state index contributed by atoms with van der Waals surface area (Å²) >= 11 is 0. The minimum Gasteiger partial charge on any atom is -0.494 e. The van der Waals surface area contributed by atoms with E-state index in [9.17, 15) is 4.39 Å². The molecule has 1 aliphatic carbocycles. The SMILES string of the molecule is COc1ccc(CNCC2(CCO)CC2)cc1F. The van der Waals surface area contributed by atoms with Crippen LogP contribution in [0.1, 0.15) is 24.8 Å². The van der Waals surface area contributed by atoms with Crippen LogP contribution in [0.4, 0.5) is 4.39 Å². The summed E-state index contributed by atoms with van der Waals surface area (Å²) in [7, 11) is 1.46. The second-order valence-electron chi connectivity index (χ2n) is 5.05. The van der Waals surface area contributed by atoms with E-state index >= 15 is 0 Å². The van der Waals surface area contributed by atoms with Gasteiger partial charge in [0.1, 0.15) is 0 Å². The van der Waals surface area contributed by atoms with Crippen LogP contribution >= 0.6 is 0 Å². The van der Waals surface area contributed by atoms with Gasteiger partial charge in [-0.25, -0.2) is 4.39 Å². The number of aliphatic hydroxyl groups excluding tert-OH is 1. The summed E-state index contributed by atoms with van der Waals surface area (Å²) in [4.78, 5) is 0. The number of aliphatic hydroxyl groups is 1. The number of nitrogens with one attached hydrogen (secondary N) is 1. The number of ether oxygens (including phenoxy) is 1. The molecule has 0 unspecified atom stereocenters. The molecule has 0 atom stereocenters. The Bertz CT molecular complexity index is 405. The Morgan fingerprint density at radius 1 is 1.44 bits per heavy atom. The van der Waals surface area contributed by atoms with Crippen LogP contribution in [0.3, 0.4) is 0 Å². The predicted octanol–water partition coefficient (Wildman–Crippen LogP) is 2.09. The highest BCUT2D eigenvalue weighted by atomic mass is 19.1. The molecule has 4 heteroatoms. The van der Waals surface area contributed by atoms with E-state index < -0.39 is 0 Å². The Morgan fingerprint density at radius 3 is 2.78 bits per heavy atom. The van der Waals surface area contributed by atoms with E-state index in [2.05, 4.69) is 5.32 Å². The topological polar surface area (TPSA) is 41.5 Å². The predicted molar refractivity (Wildman–Crippen MR) is 68.0 cm³/mol. The minimum atomic E-state index is -0.326. The molecule has 1 aromatic rings. The van der Waals surface area contributed by atoms with E-state index in [0.29, 0.717) is 12.0 Å². The van der Waals surface area contributed by atoms with Crippen molar-refractivity contribution >= 4 is 0 Å². The molecule has 2 rings (SSSR count). The van der Waals surface area contributed by atoms with Gasteiger partial charge in [0, 0.05) is 19.7 Å². The van der Waals surface area contributed by atoms with Crippen LogP contribution in [-0.2, 0) is 6.54 Å². The van der Waals surface area contributed by atoms with Gasteiger partial charge in [0.2, 0.25) is 0 Å². The molecule has 1 aromatic carbocycles. The molecule has 18 heavy (non-hydrogen) atoms. The monoisotopic (exact) mass is 253 g/mol. The molecule has 1 fully saturated rings. The average molecular weight is 253 g/mol. The molecule has 0 spiro atoms. The summed E-state index contributed by atoms with van der Waals surface area (Å²) < 4.78 is 18.3. The van der Waals surface area contributed by atoms with E-state index in [1.807, 2.05) is 6.07 Å². The Balaban J connectivity index is 1.82. The van der Waals surface area contributed by atoms with Gasteiger partial charge >= 0.3 is 0 Å². The van der Waals surface area contributed by atoms with Gasteiger partial charge in [-0.05, 0) is 42.4 Å². The van der Waals surface area contributed by atoms with Crippen LogP contribution < -0.4 is 10.1 Å². The van der Waals surface area contributed by atoms with Gasteiger partial charge in [-0.15, -0.1) is 0 Å². The number of benzene rings is 1. The van der Waals surface area contributed by atoms with Crippen molar-refractivity contribution in [2.24, 2.45) is 5.41 Å². The summed E-state index contributed by atoms with van der Waals surface area (Å²) in [5, 5.41) is 12.3. The smallest absolute Gasteiger partial charge is 0.165 e. The molecule has 3 nitrogen and oxygen atoms in total. The van der Waals surface area contributed by atoms with E-state index in [1.54, 1.807) is 6.07 Å². The van der Waals surface area contributed by atoms with Gasteiger partial charge < -0.3 is 15.2 Å². The number of methoxy groups -OCH3 is 1. The third-order valence-electron chi connectivity index (χ3n) is 3.64. The fraction of sp³-hybridized carbons (Fsp3) is 0.571. The van der Waals surface area contributed by atoms with Crippen LogP contribution in [0.25, 0.3) is 0 Å². The highest BCUT2D eigenvalue weighted by molar-refractivity contribution is 5.29. The van der Waals surface area contributed by atoms with E-state index in [4.69, 9.17) is 9.84 Å². The number of rotatable bonds is 7. The minimum absolute atomic E-state index is 0.249. The number of hydrogen-bond donors (Lipinski definition) is 2. The van der Waals surface area contributed by atoms with Crippen LogP contribution in [0, 0.1) is 11.2 Å². The van der Waals surface area contributed by atoms with Gasteiger partial charge in [-0.1, -0.05) is 6.07 Å². The van der Waals surface area contributed by atoms with Crippen LogP contribution in [0.15, 0.2) is 18.2 Å². The first-order chi connectivity index (χ1) is 8.69. The second kappa shape index (κ2) is 5.67. The van der Waals surface area contributed by atoms with Gasteiger partial charge in [0.25, 0.3) is 0 Å². The highest BCUT2D eigenvalue weighted by Gasteiger charge is 2.41. The molecule has 0 aromatic heterocycles. The van der Waals surface area contributed by atoms with Crippen LogP contribution in [0.5, 0.6) is 5.75 Å². The van der Waals surface area contributed by atoms with Crippen molar-refractivity contribution in [3.8, 4) is 5.75 Å². The lowest BCUT2D eigenvalue weighted by Crippen LogP contribution is -2.24. The molecule has 0 aliphatic heterocycles. The first-order valence-corrected chi connectivity index (χ1v) is 6.33. The molecule has 0 radical (unpaired) electrons. The lowest BCUT2D eigenvalue weighted by molar-refractivity contribution is 0.245. The van der Waals surface area contributed by atoms with Crippen molar-refractivity contribution in [1.29, 1.82) is 0 Å². The Hall–Kier alpha value is -1.13. The van der Waals surface area contributed by atoms with Crippen LogP contribution in [0.2, 0.25) is 0 Å². The fourth-order valence-corrected chi connectivity index (χ4v) is 2.22. The van der Waals surface area contributed by atoms with Gasteiger partial charge in [0.05, 0.1) is 7.11 Å². The van der Waals surface area contributed by atoms with Crippen molar-refractivity contribution in [3.05, 3.63) is 29.6 Å². The maximum absolute atomic E-state index is 13.5. The van der Waals surface area contributed by atoms with Crippen molar-refractivity contribution in [1.82, 2.24) is 5.32 Å². The molecule has 0 amide bonds. The molecular weight excluding hydrogens is 233 g/mol. The normalized spacial score (nSPS) is 16.6. The molecule has 1 saturated carbocycles. The van der Waals surface area contributed by atoms with Crippen molar-refractivity contribution in [2.75, 3.05) is 20.3 Å². The third-order valence-corrected chi connectivity index (χ3v) is 3.64. The van der Waals surface area contributed by atoms with E-state index in [0.717, 1.165) is 18.5 Å². The third kappa shape index (κ3) is 3.21. The lowest BCUT2D eigenvalue weighted by atomic mass is 10.0. The van der Waals surface area contributed by atoms with Gasteiger partial charge in [0.15, 0.2) is 11.6 Å². The fourth-order valence-electron chi connectivity index (χ4n) is 2.22. The Kier molecular flexibility index (Phi) is 4.19. The summed E-state index contributed by atoms with van der Waals surface area (Å²) in [6.07, 6.45) is 3.21. The summed E-state index contributed by atoms with van der Waals surface area (Å²) in [5.41, 5.74) is 1.20. The van der Waals surface area contributed by atoms with Crippen molar-refractivity contribution in [2.45, 2.75) is 25.8 Å². The Morgan fingerprint density at radius 2 is 2.22 bits per heavy atom. The zero-order valence-corrected chi connectivity index (χ0v) is 10.7. The standard InChI is InChI=1S/C14H20FNO2/c1-18-13-3-2-11(8-12(13)15)9-16-10-14(4-5-14)6-7-17/h2-3,8,16-17H,4-7,9-10H2,1H3. The molecule has 0 saturated heterocycles. The molecule has 2 N–H and O–H groups in total. The maximum Gasteiger partial charge on any atom is 0.165 e. The zero-order valence-electron chi connectivity index (χ0n) is 10.7. The van der Waals surface area contributed by atoms with Gasteiger partial charge in [-0.2, -0.15) is 0 Å². The average Bonchev–Trinajstić information content (AvgIpc) is 3.10. The summed E-state index contributed by atoms with van der Waals surface area (Å²) in [6.45, 7) is 1.79. The molecule has 0 heterocycles. The summed E-state index contributed by atoms with van der Waals surface area (Å²) in [5.74, 6) is -0.0500. The maximum atomic E-state index is 13.5. The quantitative estimate of drug-likeness (QED) is 0.782. The first-order valence-electron chi connectivity index (χ1n) is 6.33. The second-order valence-corrected chi connectivity index (χ2v) is 5.05. The highest BCUT2D eigenvalue weighted by Crippen LogP contribution is 2.47. The number of halogens is 1. The molecule has 100 valence electrons. The number of hydrogen-bond acceptors (Lipinski definition) is 3. The van der Waals surface area contributed by atoms with Crippen LogP contribution in [-0.4, -0.2) is 25.4 Å². The largest absolute Gasteiger partial charge is 0.494 e. The molecule has 0 bridgehead atoms. The lowest BCUT2D eigenvalue weighted by Gasteiger charge is -2.14. The zero-order chi connectivity index (χ0) is 13.0. The molecule has 1 aliphatic rings. The van der Waals surface area contributed by atoms with Crippen molar-refractivity contribution in [3.63, 3.8) is 0 Å². The first kappa shape index (κ1) is 13.3. The molecular formula is C14H20FNO2. The Labute approximate surface area is 107 Å². The van der Waals surface area contributed by atoms with E-state index in [1.165, 1.54) is 26.0 Å².